The van der Waals surface area contributed by atoms with Crippen LogP contribution in [0.4, 0.5) is 0 Å². The minimum absolute atomic E-state index is 0.508. The van der Waals surface area contributed by atoms with Crippen LogP contribution in [0.5, 0.6) is 0 Å². The second-order valence-corrected chi connectivity index (χ2v) is 4.82. The standard InChI is InChI=1S/C11H18N2S/c1-2-5-12-10(6-9-3-4-9)11-7-14-8-13-11/h7-10,12H,2-6H2,1H3. The molecular formula is C11H18N2S. The quantitative estimate of drug-likeness (QED) is 0.780. The van der Waals surface area contributed by atoms with Gasteiger partial charge in [-0.15, -0.1) is 11.3 Å². The zero-order valence-corrected chi connectivity index (χ0v) is 9.52. The summed E-state index contributed by atoms with van der Waals surface area (Å²) >= 11 is 1.70. The Morgan fingerprint density at radius 2 is 2.50 bits per heavy atom. The summed E-state index contributed by atoms with van der Waals surface area (Å²) < 4.78 is 0. The topological polar surface area (TPSA) is 24.9 Å². The molecule has 0 bridgehead atoms. The van der Waals surface area contributed by atoms with E-state index in [1.54, 1.807) is 11.3 Å². The number of aromatic nitrogens is 1. The minimum Gasteiger partial charge on any atom is -0.309 e. The van der Waals surface area contributed by atoms with E-state index in [4.69, 9.17) is 0 Å². The Bertz CT molecular complexity index is 254. The maximum Gasteiger partial charge on any atom is 0.0795 e. The van der Waals surface area contributed by atoms with Gasteiger partial charge in [0.2, 0.25) is 0 Å². The first-order chi connectivity index (χ1) is 6.90. The molecule has 78 valence electrons. The first kappa shape index (κ1) is 10.1. The predicted molar refractivity (Wildman–Crippen MR) is 60.5 cm³/mol. The molecule has 0 radical (unpaired) electrons. The Kier molecular flexibility index (Phi) is 3.54. The molecule has 1 aliphatic carbocycles. The highest BCUT2D eigenvalue weighted by Gasteiger charge is 2.26. The molecule has 1 atom stereocenters. The molecule has 0 saturated heterocycles. The van der Waals surface area contributed by atoms with Gasteiger partial charge in [0.15, 0.2) is 0 Å². The molecule has 1 aromatic heterocycles. The van der Waals surface area contributed by atoms with Crippen molar-refractivity contribution in [2.24, 2.45) is 5.92 Å². The van der Waals surface area contributed by atoms with Gasteiger partial charge in [-0.05, 0) is 25.3 Å². The summed E-state index contributed by atoms with van der Waals surface area (Å²) in [5.41, 5.74) is 3.18. The van der Waals surface area contributed by atoms with E-state index in [1.165, 1.54) is 31.4 Å². The van der Waals surface area contributed by atoms with E-state index in [2.05, 4.69) is 22.6 Å². The Labute approximate surface area is 89.8 Å². The van der Waals surface area contributed by atoms with Crippen molar-refractivity contribution < 1.29 is 0 Å². The van der Waals surface area contributed by atoms with Crippen LogP contribution in [0.2, 0.25) is 0 Å². The number of thiazole rings is 1. The average molecular weight is 210 g/mol. The minimum atomic E-state index is 0.508. The van der Waals surface area contributed by atoms with Gasteiger partial charge in [-0.3, -0.25) is 0 Å². The Morgan fingerprint density at radius 1 is 1.64 bits per heavy atom. The maximum atomic E-state index is 4.41. The molecule has 3 heteroatoms. The molecule has 1 heterocycles. The maximum absolute atomic E-state index is 4.41. The van der Waals surface area contributed by atoms with Gasteiger partial charge in [0, 0.05) is 5.38 Å². The SMILES string of the molecule is CCCNC(CC1CC1)c1cscn1. The van der Waals surface area contributed by atoms with Crippen LogP contribution in [0.15, 0.2) is 10.9 Å². The van der Waals surface area contributed by atoms with Crippen LogP contribution in [0, 0.1) is 5.92 Å². The van der Waals surface area contributed by atoms with Crippen LogP contribution in [0.3, 0.4) is 0 Å². The second-order valence-electron chi connectivity index (χ2n) is 4.10. The van der Waals surface area contributed by atoms with Crippen molar-refractivity contribution in [2.75, 3.05) is 6.54 Å². The highest BCUT2D eigenvalue weighted by Crippen LogP contribution is 2.37. The van der Waals surface area contributed by atoms with Crippen LogP contribution in [0.1, 0.15) is 44.3 Å². The van der Waals surface area contributed by atoms with Crippen LogP contribution in [-0.4, -0.2) is 11.5 Å². The van der Waals surface area contributed by atoms with Crippen molar-refractivity contribution in [2.45, 2.75) is 38.6 Å². The Morgan fingerprint density at radius 3 is 3.07 bits per heavy atom. The summed E-state index contributed by atoms with van der Waals surface area (Å²) in [5.74, 6) is 0.964. The summed E-state index contributed by atoms with van der Waals surface area (Å²) in [6, 6.07) is 0.508. The van der Waals surface area contributed by atoms with E-state index in [9.17, 15) is 0 Å². The average Bonchev–Trinajstić information content (AvgIpc) is 2.84. The lowest BCUT2D eigenvalue weighted by atomic mass is 10.1. The molecule has 1 fully saturated rings. The molecule has 2 rings (SSSR count). The predicted octanol–water partition coefficient (Wildman–Crippen LogP) is 2.98. The van der Waals surface area contributed by atoms with E-state index in [1.807, 2.05) is 5.51 Å². The summed E-state index contributed by atoms with van der Waals surface area (Å²) in [7, 11) is 0. The molecule has 0 amide bonds. The highest BCUT2D eigenvalue weighted by atomic mass is 32.1. The van der Waals surface area contributed by atoms with Gasteiger partial charge in [-0.25, -0.2) is 4.98 Å². The number of hydrogen-bond acceptors (Lipinski definition) is 3. The molecule has 1 N–H and O–H groups in total. The molecule has 1 unspecified atom stereocenters. The Balaban J connectivity index is 1.90. The van der Waals surface area contributed by atoms with E-state index in [0.29, 0.717) is 6.04 Å². The molecule has 2 nitrogen and oxygen atoms in total. The summed E-state index contributed by atoms with van der Waals surface area (Å²) in [6.45, 7) is 3.32. The van der Waals surface area contributed by atoms with Crippen LogP contribution < -0.4 is 5.32 Å². The zero-order chi connectivity index (χ0) is 9.80. The number of nitrogens with zero attached hydrogens (tertiary/aromatic N) is 1. The molecule has 0 aliphatic heterocycles. The van der Waals surface area contributed by atoms with Crippen LogP contribution in [0.25, 0.3) is 0 Å². The van der Waals surface area contributed by atoms with Crippen LogP contribution in [-0.2, 0) is 0 Å². The molecule has 1 aromatic rings. The largest absolute Gasteiger partial charge is 0.309 e. The van der Waals surface area contributed by atoms with Gasteiger partial charge < -0.3 is 5.32 Å². The van der Waals surface area contributed by atoms with E-state index >= 15 is 0 Å². The van der Waals surface area contributed by atoms with Crippen molar-refractivity contribution in [3.05, 3.63) is 16.6 Å². The van der Waals surface area contributed by atoms with E-state index < -0.39 is 0 Å². The molecule has 1 saturated carbocycles. The van der Waals surface area contributed by atoms with Crippen molar-refractivity contribution in [3.63, 3.8) is 0 Å². The summed E-state index contributed by atoms with van der Waals surface area (Å²) in [6.07, 6.45) is 5.33. The van der Waals surface area contributed by atoms with Gasteiger partial charge in [-0.1, -0.05) is 19.8 Å². The third-order valence-electron chi connectivity index (χ3n) is 2.72. The summed E-state index contributed by atoms with van der Waals surface area (Å²) in [5, 5.41) is 5.76. The van der Waals surface area contributed by atoms with Gasteiger partial charge in [0.05, 0.1) is 17.2 Å². The smallest absolute Gasteiger partial charge is 0.0795 e. The van der Waals surface area contributed by atoms with Gasteiger partial charge >= 0.3 is 0 Å². The van der Waals surface area contributed by atoms with Crippen molar-refractivity contribution in [1.29, 1.82) is 0 Å². The number of nitrogens with one attached hydrogen (secondary N) is 1. The lowest BCUT2D eigenvalue weighted by Crippen LogP contribution is -2.22. The van der Waals surface area contributed by atoms with E-state index in [0.717, 1.165) is 12.5 Å². The van der Waals surface area contributed by atoms with Gasteiger partial charge in [0.1, 0.15) is 0 Å². The van der Waals surface area contributed by atoms with E-state index in [-0.39, 0.29) is 0 Å². The van der Waals surface area contributed by atoms with Crippen LogP contribution >= 0.6 is 11.3 Å². The molecule has 0 spiro atoms. The van der Waals surface area contributed by atoms with Crippen molar-refractivity contribution in [3.8, 4) is 0 Å². The lowest BCUT2D eigenvalue weighted by molar-refractivity contribution is 0.466. The normalized spacial score (nSPS) is 18.4. The monoisotopic (exact) mass is 210 g/mol. The third kappa shape index (κ3) is 2.79. The lowest BCUT2D eigenvalue weighted by Gasteiger charge is -2.15. The van der Waals surface area contributed by atoms with Gasteiger partial charge in [-0.2, -0.15) is 0 Å². The zero-order valence-electron chi connectivity index (χ0n) is 8.70. The number of hydrogen-bond donors (Lipinski definition) is 1. The third-order valence-corrected chi connectivity index (χ3v) is 3.32. The number of rotatable bonds is 6. The first-order valence-electron chi connectivity index (χ1n) is 5.51. The second kappa shape index (κ2) is 4.89. The summed E-state index contributed by atoms with van der Waals surface area (Å²) in [4.78, 5) is 4.41. The fraction of sp³-hybridized carbons (Fsp3) is 0.727. The highest BCUT2D eigenvalue weighted by molar-refractivity contribution is 7.07. The molecule has 0 aromatic carbocycles. The van der Waals surface area contributed by atoms with Gasteiger partial charge in [0.25, 0.3) is 0 Å². The fourth-order valence-electron chi connectivity index (χ4n) is 1.71. The fourth-order valence-corrected chi connectivity index (χ4v) is 2.32. The van der Waals surface area contributed by atoms with Crippen molar-refractivity contribution >= 4 is 11.3 Å². The van der Waals surface area contributed by atoms with Crippen molar-refractivity contribution in [1.82, 2.24) is 10.3 Å². The molecular weight excluding hydrogens is 192 g/mol. The Hall–Kier alpha value is -0.410. The molecule has 14 heavy (non-hydrogen) atoms. The first-order valence-corrected chi connectivity index (χ1v) is 6.46. The molecule has 1 aliphatic rings.